The molecule has 1 rings (SSSR count). The molecule has 1 saturated heterocycles. The first kappa shape index (κ1) is 19.7. The minimum atomic E-state index is -3.11. The summed E-state index contributed by atoms with van der Waals surface area (Å²) in [6.45, 7) is 8.38. The van der Waals surface area contributed by atoms with Crippen molar-refractivity contribution < 1.29 is 13.2 Å². The first-order chi connectivity index (χ1) is 10.5. The van der Waals surface area contributed by atoms with Crippen LogP contribution in [0.15, 0.2) is 4.99 Å². The van der Waals surface area contributed by atoms with Gasteiger partial charge in [0.2, 0.25) is 5.91 Å². The number of likely N-dealkylation sites (N-methyl/N-ethyl adjacent to an activating group) is 1. The Kier molecular flexibility index (Phi) is 6.44. The molecule has 0 spiro atoms. The lowest BCUT2D eigenvalue weighted by molar-refractivity contribution is -0.127. The molecule has 1 fully saturated rings. The van der Waals surface area contributed by atoms with Gasteiger partial charge in [-0.3, -0.25) is 4.79 Å². The second kappa shape index (κ2) is 7.51. The number of carbonyl (C=O) groups excluding carboxylic acids is 1. The van der Waals surface area contributed by atoms with Gasteiger partial charge in [-0.25, -0.2) is 13.4 Å². The zero-order valence-electron chi connectivity index (χ0n) is 15.1. The molecule has 0 aromatic rings. The summed E-state index contributed by atoms with van der Waals surface area (Å²) in [6, 6.07) is 0.199. The fourth-order valence-electron chi connectivity index (χ4n) is 2.17. The largest absolute Gasteiger partial charge is 0.354 e. The molecule has 1 aliphatic heterocycles. The van der Waals surface area contributed by atoms with E-state index in [-0.39, 0.29) is 24.2 Å². The maximum atomic E-state index is 12.2. The van der Waals surface area contributed by atoms with E-state index in [9.17, 15) is 13.2 Å². The molecule has 1 atom stereocenters. The summed E-state index contributed by atoms with van der Waals surface area (Å²) in [5, 5.41) is 3.31. The molecule has 8 heteroatoms. The van der Waals surface area contributed by atoms with Gasteiger partial charge in [0.1, 0.15) is 6.54 Å². The molecule has 1 N–H and O–H groups in total. The van der Waals surface area contributed by atoms with Crippen LogP contribution in [0.25, 0.3) is 0 Å². The lowest BCUT2D eigenvalue weighted by Gasteiger charge is -2.39. The standard InChI is InChI=1S/C15H30N4O3S/c1-7-12(2)17-14(16-10-13(20)18(5)6)19-8-9-23(21,22)15(3,4)11-19/h12H,7-11H2,1-6H3,(H,16,17). The summed E-state index contributed by atoms with van der Waals surface area (Å²) < 4.78 is 23.5. The predicted molar refractivity (Wildman–Crippen MR) is 93.3 cm³/mol. The van der Waals surface area contributed by atoms with E-state index in [0.29, 0.717) is 19.0 Å². The molecule has 0 radical (unpaired) electrons. The van der Waals surface area contributed by atoms with E-state index in [2.05, 4.69) is 17.2 Å². The zero-order valence-corrected chi connectivity index (χ0v) is 15.9. The highest BCUT2D eigenvalue weighted by atomic mass is 32.2. The Morgan fingerprint density at radius 2 is 2.00 bits per heavy atom. The summed E-state index contributed by atoms with van der Waals surface area (Å²) >= 11 is 0. The molecule has 0 aliphatic carbocycles. The van der Waals surface area contributed by atoms with E-state index >= 15 is 0 Å². The van der Waals surface area contributed by atoms with Gasteiger partial charge in [0.25, 0.3) is 0 Å². The van der Waals surface area contributed by atoms with Gasteiger partial charge < -0.3 is 15.1 Å². The Balaban J connectivity index is 2.96. The molecular weight excluding hydrogens is 316 g/mol. The van der Waals surface area contributed by atoms with Gasteiger partial charge in [0.15, 0.2) is 15.8 Å². The molecule has 0 aromatic heterocycles. The molecular formula is C15H30N4O3S. The van der Waals surface area contributed by atoms with Gasteiger partial charge in [-0.15, -0.1) is 0 Å². The van der Waals surface area contributed by atoms with E-state index in [4.69, 9.17) is 0 Å². The average Bonchev–Trinajstić information content (AvgIpc) is 2.45. The van der Waals surface area contributed by atoms with Gasteiger partial charge in [0.05, 0.1) is 10.5 Å². The van der Waals surface area contributed by atoms with Crippen LogP contribution in [0.3, 0.4) is 0 Å². The van der Waals surface area contributed by atoms with Gasteiger partial charge >= 0.3 is 0 Å². The number of sulfone groups is 1. The Morgan fingerprint density at radius 3 is 2.48 bits per heavy atom. The van der Waals surface area contributed by atoms with Crippen molar-refractivity contribution >= 4 is 21.7 Å². The summed E-state index contributed by atoms with van der Waals surface area (Å²) in [4.78, 5) is 19.6. The van der Waals surface area contributed by atoms with Crippen molar-refractivity contribution in [2.45, 2.75) is 44.9 Å². The first-order valence-corrected chi connectivity index (χ1v) is 9.63. The van der Waals surface area contributed by atoms with Crippen LogP contribution >= 0.6 is 0 Å². The van der Waals surface area contributed by atoms with Crippen molar-refractivity contribution in [1.29, 1.82) is 0 Å². The number of nitrogens with one attached hydrogen (secondary N) is 1. The van der Waals surface area contributed by atoms with Crippen molar-refractivity contribution in [3.63, 3.8) is 0 Å². The van der Waals surface area contributed by atoms with Crippen LogP contribution < -0.4 is 5.32 Å². The van der Waals surface area contributed by atoms with Crippen LogP contribution in [-0.2, 0) is 14.6 Å². The van der Waals surface area contributed by atoms with Crippen LogP contribution in [0.5, 0.6) is 0 Å². The van der Waals surface area contributed by atoms with Crippen LogP contribution in [0.4, 0.5) is 0 Å². The number of guanidine groups is 1. The molecule has 0 bridgehead atoms. The highest BCUT2D eigenvalue weighted by Crippen LogP contribution is 2.23. The summed E-state index contributed by atoms with van der Waals surface area (Å²) in [6.07, 6.45) is 0.913. The minimum absolute atomic E-state index is 0.0510. The Bertz CT molecular complexity index is 555. The second-order valence-electron chi connectivity index (χ2n) is 6.88. The summed E-state index contributed by atoms with van der Waals surface area (Å²) in [7, 11) is 0.276. The van der Waals surface area contributed by atoms with Crippen LogP contribution in [0, 0.1) is 0 Å². The maximum Gasteiger partial charge on any atom is 0.243 e. The van der Waals surface area contributed by atoms with E-state index in [0.717, 1.165) is 6.42 Å². The molecule has 0 saturated carbocycles. The number of hydrogen-bond acceptors (Lipinski definition) is 4. The summed E-state index contributed by atoms with van der Waals surface area (Å²) in [5.41, 5.74) is 0. The lowest BCUT2D eigenvalue weighted by Crippen LogP contribution is -2.58. The third kappa shape index (κ3) is 5.09. The maximum absolute atomic E-state index is 12.2. The monoisotopic (exact) mass is 346 g/mol. The van der Waals surface area contributed by atoms with E-state index in [1.165, 1.54) is 4.90 Å². The lowest BCUT2D eigenvalue weighted by atomic mass is 10.2. The van der Waals surface area contributed by atoms with Crippen LogP contribution in [0.1, 0.15) is 34.1 Å². The highest BCUT2D eigenvalue weighted by molar-refractivity contribution is 7.92. The smallest absolute Gasteiger partial charge is 0.243 e. The highest BCUT2D eigenvalue weighted by Gasteiger charge is 2.41. The van der Waals surface area contributed by atoms with Crippen molar-refractivity contribution in [3.8, 4) is 0 Å². The van der Waals surface area contributed by atoms with Crippen molar-refractivity contribution in [1.82, 2.24) is 15.1 Å². The first-order valence-electron chi connectivity index (χ1n) is 7.98. The van der Waals surface area contributed by atoms with E-state index in [1.54, 1.807) is 27.9 Å². The van der Waals surface area contributed by atoms with Crippen molar-refractivity contribution in [2.24, 2.45) is 4.99 Å². The van der Waals surface area contributed by atoms with Crippen LogP contribution in [0.2, 0.25) is 0 Å². The number of amides is 1. The number of hydrogen-bond donors (Lipinski definition) is 1. The van der Waals surface area contributed by atoms with E-state index in [1.807, 2.05) is 11.8 Å². The molecule has 1 heterocycles. The van der Waals surface area contributed by atoms with Gasteiger partial charge in [-0.1, -0.05) is 6.92 Å². The fraction of sp³-hybridized carbons (Fsp3) is 0.867. The molecule has 1 unspecified atom stereocenters. The molecule has 7 nitrogen and oxygen atoms in total. The molecule has 1 aliphatic rings. The number of aliphatic imine (C=N–C) groups is 1. The third-order valence-corrected chi connectivity index (χ3v) is 6.73. The molecule has 134 valence electrons. The predicted octanol–water partition coefficient (Wildman–Crippen LogP) is 0.328. The molecule has 1 amide bonds. The van der Waals surface area contributed by atoms with Gasteiger partial charge in [0, 0.05) is 33.2 Å². The Hall–Kier alpha value is -1.31. The fourth-order valence-corrected chi connectivity index (χ4v) is 3.53. The minimum Gasteiger partial charge on any atom is -0.354 e. The van der Waals surface area contributed by atoms with Gasteiger partial charge in [-0.05, 0) is 27.2 Å². The van der Waals surface area contributed by atoms with Crippen molar-refractivity contribution in [2.75, 3.05) is 39.5 Å². The van der Waals surface area contributed by atoms with E-state index < -0.39 is 14.6 Å². The van der Waals surface area contributed by atoms with Gasteiger partial charge in [-0.2, -0.15) is 0 Å². The normalized spacial score (nSPS) is 21.7. The molecule has 0 aromatic carbocycles. The average molecular weight is 346 g/mol. The number of carbonyl (C=O) groups is 1. The topological polar surface area (TPSA) is 82.1 Å². The Labute approximate surface area is 140 Å². The molecule has 23 heavy (non-hydrogen) atoms. The summed E-state index contributed by atoms with van der Waals surface area (Å²) in [5.74, 6) is 0.623. The number of nitrogens with zero attached hydrogens (tertiary/aromatic N) is 3. The number of rotatable bonds is 4. The quantitative estimate of drug-likeness (QED) is 0.586. The Morgan fingerprint density at radius 1 is 1.39 bits per heavy atom. The zero-order chi connectivity index (χ0) is 17.8. The third-order valence-electron chi connectivity index (χ3n) is 4.19. The second-order valence-corrected chi connectivity index (χ2v) is 9.62. The SMILES string of the molecule is CCC(C)NC(=NCC(=O)N(C)C)N1CCS(=O)(=O)C(C)(C)C1. The van der Waals surface area contributed by atoms with Crippen molar-refractivity contribution in [3.05, 3.63) is 0 Å². The van der Waals surface area contributed by atoms with Crippen LogP contribution in [-0.4, -0.2) is 80.4 Å².